The lowest BCUT2D eigenvalue weighted by Gasteiger charge is -2.38. The highest BCUT2D eigenvalue weighted by atomic mass is 28.3. The SMILES string of the molecule is CC(C)[Si](C#Cc1cccc(F)c1)(C(C)C)C(C)C. The average molecular weight is 276 g/mol. The summed E-state index contributed by atoms with van der Waals surface area (Å²) in [7, 11) is -1.71. The molecule has 0 saturated heterocycles. The molecular weight excluding hydrogens is 251 g/mol. The molecule has 0 nitrogen and oxygen atoms in total. The molecule has 0 atom stereocenters. The number of rotatable bonds is 3. The second-order valence-corrected chi connectivity index (χ2v) is 11.7. The molecule has 0 aliphatic carbocycles. The monoisotopic (exact) mass is 276 g/mol. The molecule has 0 aromatic heterocycles. The maximum absolute atomic E-state index is 13.2. The number of halogens is 1. The van der Waals surface area contributed by atoms with E-state index < -0.39 is 8.07 Å². The highest BCUT2D eigenvalue weighted by Gasteiger charge is 2.41. The lowest BCUT2D eigenvalue weighted by atomic mass is 10.2. The highest BCUT2D eigenvalue weighted by molar-refractivity contribution is 6.90. The van der Waals surface area contributed by atoms with Crippen molar-refractivity contribution in [3.8, 4) is 11.5 Å². The molecule has 0 N–H and O–H groups in total. The van der Waals surface area contributed by atoms with E-state index in [4.69, 9.17) is 0 Å². The molecule has 0 unspecified atom stereocenters. The molecule has 1 aromatic carbocycles. The fraction of sp³-hybridized carbons (Fsp3) is 0.529. The zero-order valence-corrected chi connectivity index (χ0v) is 13.9. The quantitative estimate of drug-likeness (QED) is 0.512. The summed E-state index contributed by atoms with van der Waals surface area (Å²) >= 11 is 0. The van der Waals surface area contributed by atoms with Gasteiger partial charge in [-0.1, -0.05) is 53.5 Å². The Balaban J connectivity index is 3.23. The molecule has 0 radical (unpaired) electrons. The van der Waals surface area contributed by atoms with Gasteiger partial charge in [-0.15, -0.1) is 5.54 Å². The van der Waals surface area contributed by atoms with Crippen molar-refractivity contribution in [2.75, 3.05) is 0 Å². The Morgan fingerprint density at radius 1 is 0.947 bits per heavy atom. The second kappa shape index (κ2) is 6.39. The predicted molar refractivity (Wildman–Crippen MR) is 84.3 cm³/mol. The van der Waals surface area contributed by atoms with Gasteiger partial charge in [-0.25, -0.2) is 4.39 Å². The van der Waals surface area contributed by atoms with Crippen molar-refractivity contribution in [2.24, 2.45) is 0 Å². The van der Waals surface area contributed by atoms with Crippen molar-refractivity contribution in [3.05, 3.63) is 35.6 Å². The lowest BCUT2D eigenvalue weighted by Crippen LogP contribution is -2.43. The molecule has 0 saturated carbocycles. The van der Waals surface area contributed by atoms with Crippen LogP contribution < -0.4 is 0 Å². The molecule has 0 aliphatic heterocycles. The summed E-state index contributed by atoms with van der Waals surface area (Å²) in [5.74, 6) is 3.03. The molecule has 0 spiro atoms. The molecular formula is C17H25FSi. The van der Waals surface area contributed by atoms with Gasteiger partial charge in [-0.2, -0.15) is 0 Å². The van der Waals surface area contributed by atoms with E-state index in [0.29, 0.717) is 16.6 Å². The maximum atomic E-state index is 13.2. The van der Waals surface area contributed by atoms with Crippen molar-refractivity contribution in [1.82, 2.24) is 0 Å². The van der Waals surface area contributed by atoms with Gasteiger partial charge in [0.15, 0.2) is 0 Å². The van der Waals surface area contributed by atoms with Gasteiger partial charge >= 0.3 is 0 Å². The molecule has 0 heterocycles. The van der Waals surface area contributed by atoms with Crippen LogP contribution in [0.2, 0.25) is 16.6 Å². The Labute approximate surface area is 118 Å². The van der Waals surface area contributed by atoms with Crippen LogP contribution >= 0.6 is 0 Å². The van der Waals surface area contributed by atoms with E-state index in [9.17, 15) is 4.39 Å². The summed E-state index contributed by atoms with van der Waals surface area (Å²) in [5, 5.41) is 0. The lowest BCUT2D eigenvalue weighted by molar-refractivity contribution is 0.627. The van der Waals surface area contributed by atoms with Crippen LogP contribution in [0.5, 0.6) is 0 Å². The number of hydrogen-bond donors (Lipinski definition) is 0. The van der Waals surface area contributed by atoms with Crippen molar-refractivity contribution >= 4 is 8.07 Å². The topological polar surface area (TPSA) is 0 Å². The number of hydrogen-bond acceptors (Lipinski definition) is 0. The number of benzene rings is 1. The Morgan fingerprint density at radius 3 is 1.89 bits per heavy atom. The molecule has 19 heavy (non-hydrogen) atoms. The van der Waals surface area contributed by atoms with E-state index in [0.717, 1.165) is 5.56 Å². The van der Waals surface area contributed by atoms with Crippen LogP contribution in [0, 0.1) is 17.3 Å². The Hall–Kier alpha value is -1.07. The van der Waals surface area contributed by atoms with Crippen molar-refractivity contribution < 1.29 is 4.39 Å². The van der Waals surface area contributed by atoms with Crippen LogP contribution in [0.1, 0.15) is 47.1 Å². The largest absolute Gasteiger partial charge is 0.207 e. The van der Waals surface area contributed by atoms with Gasteiger partial charge in [0.1, 0.15) is 13.9 Å². The summed E-state index contributed by atoms with van der Waals surface area (Å²) in [5.41, 5.74) is 6.20. The van der Waals surface area contributed by atoms with Crippen LogP contribution in [0.15, 0.2) is 24.3 Å². The van der Waals surface area contributed by atoms with Crippen LogP contribution in [-0.2, 0) is 0 Å². The van der Waals surface area contributed by atoms with E-state index >= 15 is 0 Å². The van der Waals surface area contributed by atoms with Gasteiger partial charge in [0.2, 0.25) is 0 Å². The first-order chi connectivity index (χ1) is 8.80. The second-order valence-electron chi connectivity index (χ2n) is 6.16. The first-order valence-corrected chi connectivity index (χ1v) is 9.32. The normalized spacial score (nSPS) is 11.9. The van der Waals surface area contributed by atoms with Crippen LogP contribution in [0.4, 0.5) is 4.39 Å². The van der Waals surface area contributed by atoms with Crippen LogP contribution in [0.25, 0.3) is 0 Å². The first kappa shape index (κ1) is 16.0. The Kier molecular flexibility index (Phi) is 5.37. The summed E-state index contributed by atoms with van der Waals surface area (Å²) in [6, 6.07) is 6.59. The molecule has 2 heteroatoms. The van der Waals surface area contributed by atoms with Crippen LogP contribution in [0.3, 0.4) is 0 Å². The minimum absolute atomic E-state index is 0.210. The van der Waals surface area contributed by atoms with Gasteiger partial charge in [-0.05, 0) is 34.8 Å². The smallest absolute Gasteiger partial charge is 0.146 e. The van der Waals surface area contributed by atoms with E-state index in [1.54, 1.807) is 6.07 Å². The maximum Gasteiger partial charge on any atom is 0.146 e. The summed E-state index contributed by atoms with van der Waals surface area (Å²) in [4.78, 5) is 0. The molecule has 104 valence electrons. The van der Waals surface area contributed by atoms with E-state index in [1.165, 1.54) is 12.1 Å². The highest BCUT2D eigenvalue weighted by Crippen LogP contribution is 2.40. The minimum Gasteiger partial charge on any atom is -0.207 e. The van der Waals surface area contributed by atoms with Crippen molar-refractivity contribution in [2.45, 2.75) is 58.2 Å². The molecule has 0 amide bonds. The van der Waals surface area contributed by atoms with E-state index in [-0.39, 0.29) is 5.82 Å². The molecule has 0 fully saturated rings. The zero-order chi connectivity index (χ0) is 14.6. The summed E-state index contributed by atoms with van der Waals surface area (Å²) in [6.07, 6.45) is 0. The molecule has 0 bridgehead atoms. The van der Waals surface area contributed by atoms with Crippen LogP contribution in [-0.4, -0.2) is 8.07 Å². The average Bonchev–Trinajstić information content (AvgIpc) is 2.28. The summed E-state index contributed by atoms with van der Waals surface area (Å²) < 4.78 is 13.2. The third kappa shape index (κ3) is 3.48. The van der Waals surface area contributed by atoms with Gasteiger partial charge < -0.3 is 0 Å². The molecule has 1 aromatic rings. The fourth-order valence-electron chi connectivity index (χ4n) is 3.18. The van der Waals surface area contributed by atoms with E-state index in [2.05, 4.69) is 53.0 Å². The van der Waals surface area contributed by atoms with Gasteiger partial charge in [0, 0.05) is 5.56 Å². The Morgan fingerprint density at radius 2 is 1.47 bits per heavy atom. The third-order valence-corrected chi connectivity index (χ3v) is 10.4. The zero-order valence-electron chi connectivity index (χ0n) is 12.9. The van der Waals surface area contributed by atoms with Gasteiger partial charge in [-0.3, -0.25) is 0 Å². The van der Waals surface area contributed by atoms with Crippen molar-refractivity contribution in [3.63, 3.8) is 0 Å². The molecule has 1 rings (SSSR count). The van der Waals surface area contributed by atoms with E-state index in [1.807, 2.05) is 6.07 Å². The fourth-order valence-corrected chi connectivity index (χ4v) is 8.41. The Bertz CT molecular complexity index is 456. The third-order valence-electron chi connectivity index (χ3n) is 4.11. The first-order valence-electron chi connectivity index (χ1n) is 7.09. The van der Waals surface area contributed by atoms with Gasteiger partial charge in [0.25, 0.3) is 0 Å². The minimum atomic E-state index is -1.71. The predicted octanol–water partition coefficient (Wildman–Crippen LogP) is 5.40. The summed E-state index contributed by atoms with van der Waals surface area (Å²) in [6.45, 7) is 13.7. The van der Waals surface area contributed by atoms with Gasteiger partial charge in [0.05, 0.1) is 0 Å². The molecule has 0 aliphatic rings. The van der Waals surface area contributed by atoms with Crippen molar-refractivity contribution in [1.29, 1.82) is 0 Å². The standard InChI is InChI=1S/C17H25FSi/c1-13(2)19(14(3)4,15(5)6)11-10-16-8-7-9-17(18)12-16/h7-9,12-15H,1-6H3.